The predicted octanol–water partition coefficient (Wildman–Crippen LogP) is 6.22. The van der Waals surface area contributed by atoms with Gasteiger partial charge in [0.2, 0.25) is 0 Å². The van der Waals surface area contributed by atoms with E-state index < -0.39 is 4.92 Å². The summed E-state index contributed by atoms with van der Waals surface area (Å²) in [4.78, 5) is 25.4. The highest BCUT2D eigenvalue weighted by Crippen LogP contribution is 2.37. The molecule has 1 fully saturated rings. The van der Waals surface area contributed by atoms with Crippen molar-refractivity contribution >= 4 is 63.3 Å². The molecule has 2 heterocycles. The number of thiocarbonyl (C=S) groups is 1. The third-order valence-electron chi connectivity index (χ3n) is 4.38. The first-order valence-electron chi connectivity index (χ1n) is 8.72. The van der Waals surface area contributed by atoms with Gasteiger partial charge in [0.05, 0.1) is 15.5 Å². The zero-order chi connectivity index (χ0) is 21.4. The van der Waals surface area contributed by atoms with Gasteiger partial charge >= 0.3 is 0 Å². The van der Waals surface area contributed by atoms with Crippen molar-refractivity contribution in [2.45, 2.75) is 6.92 Å². The maximum atomic E-state index is 12.9. The summed E-state index contributed by atoms with van der Waals surface area (Å²) in [7, 11) is 0. The van der Waals surface area contributed by atoms with Gasteiger partial charge in [0.25, 0.3) is 11.6 Å². The van der Waals surface area contributed by atoms with E-state index in [-0.39, 0.29) is 16.6 Å². The number of nitro benzene ring substituents is 1. The van der Waals surface area contributed by atoms with Crippen LogP contribution in [-0.2, 0) is 4.79 Å². The maximum Gasteiger partial charge on any atom is 0.288 e. The fourth-order valence-electron chi connectivity index (χ4n) is 2.98. The van der Waals surface area contributed by atoms with Crippen LogP contribution in [0.4, 0.5) is 11.4 Å². The first-order chi connectivity index (χ1) is 14.3. The minimum absolute atomic E-state index is 0.0513. The largest absolute Gasteiger partial charge is 0.457 e. The number of carbonyl (C=O) groups excluding carboxylic acids is 1. The molecule has 0 spiro atoms. The van der Waals surface area contributed by atoms with Gasteiger partial charge in [0.15, 0.2) is 4.32 Å². The summed E-state index contributed by atoms with van der Waals surface area (Å²) in [6.45, 7) is 1.95. The summed E-state index contributed by atoms with van der Waals surface area (Å²) >= 11 is 12.4. The molecule has 1 aliphatic heterocycles. The number of nitrogens with zero attached hydrogens (tertiary/aromatic N) is 2. The molecule has 1 saturated heterocycles. The van der Waals surface area contributed by atoms with Crippen molar-refractivity contribution in [1.82, 2.24) is 0 Å². The molecular formula is C21H13ClN2O4S2. The zero-order valence-electron chi connectivity index (χ0n) is 15.5. The molecule has 0 saturated carbocycles. The lowest BCUT2D eigenvalue weighted by atomic mass is 10.1. The molecular weight excluding hydrogens is 444 g/mol. The SMILES string of the molecule is Cc1cccc(N2C(=O)/C(=C\c3ccc(-c4ccc(Cl)c([N+](=O)[O-])c4)o3)SC2=S)c1. The number of nitro groups is 1. The van der Waals surface area contributed by atoms with E-state index in [9.17, 15) is 14.9 Å². The lowest BCUT2D eigenvalue weighted by Crippen LogP contribution is -2.27. The van der Waals surface area contributed by atoms with E-state index in [1.54, 1.807) is 24.3 Å². The van der Waals surface area contributed by atoms with E-state index in [0.717, 1.165) is 11.3 Å². The fourth-order valence-corrected chi connectivity index (χ4v) is 4.44. The van der Waals surface area contributed by atoms with E-state index in [2.05, 4.69) is 0 Å². The number of carbonyl (C=O) groups is 1. The highest BCUT2D eigenvalue weighted by Gasteiger charge is 2.33. The van der Waals surface area contributed by atoms with Gasteiger partial charge < -0.3 is 4.42 Å². The van der Waals surface area contributed by atoms with Crippen molar-refractivity contribution in [2.24, 2.45) is 0 Å². The Kier molecular flexibility index (Phi) is 5.46. The summed E-state index contributed by atoms with van der Waals surface area (Å²) in [5.41, 5.74) is 2.05. The molecule has 2 aromatic carbocycles. The first-order valence-corrected chi connectivity index (χ1v) is 10.3. The standard InChI is InChI=1S/C21H13ClN2O4S2/c1-12-3-2-4-14(9-12)23-20(25)19(30-21(23)29)11-15-6-8-18(28-15)13-5-7-16(22)17(10-13)24(26)27/h2-11H,1H3/b19-11+. The van der Waals surface area contributed by atoms with Crippen LogP contribution < -0.4 is 4.90 Å². The third kappa shape index (κ3) is 3.89. The van der Waals surface area contributed by atoms with Crippen LogP contribution >= 0.6 is 35.6 Å². The van der Waals surface area contributed by atoms with Crippen LogP contribution in [0.1, 0.15) is 11.3 Å². The second-order valence-electron chi connectivity index (χ2n) is 6.48. The fraction of sp³-hybridized carbons (Fsp3) is 0.0476. The summed E-state index contributed by atoms with van der Waals surface area (Å²) in [6, 6.07) is 15.3. The molecule has 1 amide bonds. The topological polar surface area (TPSA) is 76.6 Å². The molecule has 0 aliphatic carbocycles. The molecule has 0 unspecified atom stereocenters. The monoisotopic (exact) mass is 456 g/mol. The molecule has 1 aromatic heterocycles. The minimum atomic E-state index is -0.549. The Hall–Kier alpha value is -2.94. The summed E-state index contributed by atoms with van der Waals surface area (Å²) in [5.74, 6) is 0.637. The molecule has 0 N–H and O–H groups in total. The molecule has 0 radical (unpaired) electrons. The molecule has 4 rings (SSSR count). The summed E-state index contributed by atoms with van der Waals surface area (Å²) < 4.78 is 6.22. The predicted molar refractivity (Wildman–Crippen MR) is 123 cm³/mol. The van der Waals surface area contributed by atoms with Crippen LogP contribution in [0.25, 0.3) is 17.4 Å². The van der Waals surface area contributed by atoms with Crippen molar-refractivity contribution in [2.75, 3.05) is 4.90 Å². The molecule has 1 aliphatic rings. The van der Waals surface area contributed by atoms with Gasteiger partial charge in [-0.05, 0) is 48.9 Å². The number of thioether (sulfide) groups is 1. The summed E-state index contributed by atoms with van der Waals surface area (Å²) in [5, 5.41) is 11.2. The quantitative estimate of drug-likeness (QED) is 0.201. The Bertz CT molecular complexity index is 1240. The molecule has 0 atom stereocenters. The van der Waals surface area contributed by atoms with Crippen LogP contribution in [0.15, 0.2) is 63.9 Å². The number of anilines is 1. The second kappa shape index (κ2) is 8.06. The lowest BCUT2D eigenvalue weighted by Gasteiger charge is -2.14. The van der Waals surface area contributed by atoms with Crippen LogP contribution in [0.2, 0.25) is 5.02 Å². The molecule has 9 heteroatoms. The Morgan fingerprint density at radius 1 is 1.20 bits per heavy atom. The number of amides is 1. The van der Waals surface area contributed by atoms with Crippen LogP contribution in [0.5, 0.6) is 0 Å². The van der Waals surface area contributed by atoms with E-state index in [4.69, 9.17) is 28.2 Å². The number of hydrogen-bond donors (Lipinski definition) is 0. The molecule has 30 heavy (non-hydrogen) atoms. The van der Waals surface area contributed by atoms with Crippen LogP contribution in [0, 0.1) is 17.0 Å². The van der Waals surface area contributed by atoms with Crippen LogP contribution in [-0.4, -0.2) is 15.2 Å². The maximum absolute atomic E-state index is 12.9. The molecule has 3 aromatic rings. The number of benzene rings is 2. The summed E-state index contributed by atoms with van der Waals surface area (Å²) in [6.07, 6.45) is 1.61. The van der Waals surface area contributed by atoms with E-state index in [0.29, 0.717) is 26.3 Å². The van der Waals surface area contributed by atoms with Gasteiger partial charge in [0, 0.05) is 17.7 Å². The van der Waals surface area contributed by atoms with Crippen molar-refractivity contribution in [1.29, 1.82) is 0 Å². The number of hydrogen-bond acceptors (Lipinski definition) is 6. The molecule has 6 nitrogen and oxygen atoms in total. The number of aryl methyl sites for hydroxylation is 1. The zero-order valence-corrected chi connectivity index (χ0v) is 17.9. The Labute approximate surface area is 186 Å². The van der Waals surface area contributed by atoms with Gasteiger partial charge in [-0.3, -0.25) is 19.8 Å². The average molecular weight is 457 g/mol. The molecule has 150 valence electrons. The van der Waals surface area contributed by atoms with Gasteiger partial charge in [0.1, 0.15) is 16.5 Å². The van der Waals surface area contributed by atoms with Crippen molar-refractivity contribution < 1.29 is 14.1 Å². The Morgan fingerprint density at radius 2 is 2.00 bits per heavy atom. The number of furan rings is 1. The Morgan fingerprint density at radius 3 is 2.73 bits per heavy atom. The number of rotatable bonds is 4. The highest BCUT2D eigenvalue weighted by molar-refractivity contribution is 8.27. The lowest BCUT2D eigenvalue weighted by molar-refractivity contribution is -0.384. The second-order valence-corrected chi connectivity index (χ2v) is 8.56. The van der Waals surface area contributed by atoms with E-state index >= 15 is 0 Å². The first kappa shape index (κ1) is 20.3. The minimum Gasteiger partial charge on any atom is -0.457 e. The average Bonchev–Trinajstić information content (AvgIpc) is 3.26. The molecule has 0 bridgehead atoms. The van der Waals surface area contributed by atoms with Gasteiger partial charge in [-0.25, -0.2) is 0 Å². The van der Waals surface area contributed by atoms with Crippen molar-refractivity contribution in [3.63, 3.8) is 0 Å². The smallest absolute Gasteiger partial charge is 0.288 e. The van der Waals surface area contributed by atoms with Crippen LogP contribution in [0.3, 0.4) is 0 Å². The van der Waals surface area contributed by atoms with Crippen molar-refractivity contribution in [3.8, 4) is 11.3 Å². The van der Waals surface area contributed by atoms with E-state index in [1.165, 1.54) is 28.8 Å². The van der Waals surface area contributed by atoms with E-state index in [1.807, 2.05) is 31.2 Å². The Balaban J connectivity index is 1.62. The van der Waals surface area contributed by atoms with Crippen molar-refractivity contribution in [3.05, 3.63) is 86.0 Å². The normalized spacial score (nSPS) is 15.3. The number of halogens is 1. The third-order valence-corrected chi connectivity index (χ3v) is 6.00. The van der Waals surface area contributed by atoms with Gasteiger partial charge in [-0.15, -0.1) is 0 Å². The van der Waals surface area contributed by atoms with Gasteiger partial charge in [-0.1, -0.05) is 47.7 Å². The van der Waals surface area contributed by atoms with Gasteiger partial charge in [-0.2, -0.15) is 0 Å². The highest BCUT2D eigenvalue weighted by atomic mass is 35.5.